The van der Waals surface area contributed by atoms with E-state index in [1.165, 1.54) is 12.5 Å². The Morgan fingerprint density at radius 3 is 2.89 bits per heavy atom. The molecule has 0 bridgehead atoms. The van der Waals surface area contributed by atoms with Crippen LogP contribution < -0.4 is 0 Å². The smallest absolute Gasteiger partial charge is 0.129 e. The fraction of sp³-hybridized carbons (Fsp3) is 0.571. The monoisotopic (exact) mass is 316 g/mol. The second-order valence-corrected chi connectivity index (χ2v) is 5.13. The number of halogens is 2. The number of benzene rings is 1. The molecule has 1 aromatic rings. The average molecular weight is 317 g/mol. The van der Waals surface area contributed by atoms with Gasteiger partial charge in [0.2, 0.25) is 0 Å². The number of hydrogen-bond acceptors (Lipinski definition) is 2. The summed E-state index contributed by atoms with van der Waals surface area (Å²) >= 11 is 3.38. The van der Waals surface area contributed by atoms with Gasteiger partial charge in [-0.3, -0.25) is 0 Å². The van der Waals surface area contributed by atoms with Gasteiger partial charge in [-0.2, -0.15) is 0 Å². The summed E-state index contributed by atoms with van der Waals surface area (Å²) in [5, 5.41) is 0.584. The quantitative estimate of drug-likeness (QED) is 0.768. The van der Waals surface area contributed by atoms with Crippen LogP contribution in [-0.4, -0.2) is 24.6 Å². The van der Waals surface area contributed by atoms with E-state index >= 15 is 0 Å². The third-order valence-corrected chi connectivity index (χ3v) is 3.74. The van der Waals surface area contributed by atoms with Gasteiger partial charge >= 0.3 is 0 Å². The normalized spacial score (nSPS) is 21.8. The average Bonchev–Trinajstić information content (AvgIpc) is 2.42. The van der Waals surface area contributed by atoms with Crippen LogP contribution in [0.2, 0.25) is 0 Å². The van der Waals surface area contributed by atoms with Crippen molar-refractivity contribution in [2.24, 2.45) is 0 Å². The molecule has 0 amide bonds. The highest BCUT2D eigenvalue weighted by atomic mass is 79.9. The lowest BCUT2D eigenvalue weighted by Gasteiger charge is -2.25. The van der Waals surface area contributed by atoms with Gasteiger partial charge < -0.3 is 9.47 Å². The van der Waals surface area contributed by atoms with Gasteiger partial charge in [0, 0.05) is 17.5 Å². The SMILES string of the molecule is Fc1ccccc1C(CBr)OCC1CCCCO1. The molecule has 2 rings (SSSR count). The summed E-state index contributed by atoms with van der Waals surface area (Å²) in [5.41, 5.74) is 0.602. The second-order valence-electron chi connectivity index (χ2n) is 4.49. The fourth-order valence-corrected chi connectivity index (χ4v) is 2.65. The highest BCUT2D eigenvalue weighted by molar-refractivity contribution is 9.09. The third kappa shape index (κ3) is 3.77. The highest BCUT2D eigenvalue weighted by Gasteiger charge is 2.19. The number of hydrogen-bond donors (Lipinski definition) is 0. The van der Waals surface area contributed by atoms with E-state index < -0.39 is 0 Å². The Balaban J connectivity index is 1.91. The first-order valence-electron chi connectivity index (χ1n) is 6.35. The zero-order chi connectivity index (χ0) is 12.8. The minimum atomic E-state index is -0.253. The fourth-order valence-electron chi connectivity index (χ4n) is 2.12. The van der Waals surface area contributed by atoms with Gasteiger partial charge in [-0.1, -0.05) is 34.1 Å². The van der Waals surface area contributed by atoms with Crippen molar-refractivity contribution in [2.75, 3.05) is 18.5 Å². The maximum atomic E-state index is 13.7. The Morgan fingerprint density at radius 1 is 1.39 bits per heavy atom. The molecule has 2 nitrogen and oxygen atoms in total. The Bertz CT molecular complexity index is 367. The molecule has 2 atom stereocenters. The van der Waals surface area contributed by atoms with Crippen LogP contribution >= 0.6 is 15.9 Å². The van der Waals surface area contributed by atoms with Crippen LogP contribution in [0.15, 0.2) is 24.3 Å². The molecule has 0 radical (unpaired) electrons. The first-order chi connectivity index (χ1) is 8.81. The molecule has 1 heterocycles. The summed E-state index contributed by atoms with van der Waals surface area (Å²) in [6, 6.07) is 6.75. The molecule has 0 aromatic heterocycles. The lowest BCUT2D eigenvalue weighted by Crippen LogP contribution is -2.25. The number of alkyl halides is 1. The molecule has 4 heteroatoms. The molecule has 100 valence electrons. The van der Waals surface area contributed by atoms with Crippen molar-refractivity contribution in [1.29, 1.82) is 0 Å². The van der Waals surface area contributed by atoms with Crippen molar-refractivity contribution in [3.63, 3.8) is 0 Å². The molecule has 0 aliphatic carbocycles. The van der Waals surface area contributed by atoms with Crippen molar-refractivity contribution in [1.82, 2.24) is 0 Å². The molecule has 0 spiro atoms. The number of ether oxygens (including phenoxy) is 2. The predicted molar refractivity (Wildman–Crippen MR) is 72.5 cm³/mol. The van der Waals surface area contributed by atoms with Crippen molar-refractivity contribution < 1.29 is 13.9 Å². The van der Waals surface area contributed by atoms with Crippen molar-refractivity contribution in [3.8, 4) is 0 Å². The van der Waals surface area contributed by atoms with Gasteiger partial charge in [-0.15, -0.1) is 0 Å². The maximum Gasteiger partial charge on any atom is 0.129 e. The zero-order valence-corrected chi connectivity index (χ0v) is 11.9. The standard InChI is InChI=1S/C14H18BrFO2/c15-9-14(12-6-1-2-7-13(12)16)18-10-11-5-3-4-8-17-11/h1-2,6-7,11,14H,3-5,8-10H2. The molecule has 1 aliphatic heterocycles. The molecule has 2 unspecified atom stereocenters. The van der Waals surface area contributed by atoms with Gasteiger partial charge in [0.05, 0.1) is 18.8 Å². The summed E-state index contributed by atoms with van der Waals surface area (Å²) in [6.45, 7) is 1.34. The van der Waals surface area contributed by atoms with E-state index in [0.29, 0.717) is 17.5 Å². The summed E-state index contributed by atoms with van der Waals surface area (Å²) in [5.74, 6) is -0.216. The molecule has 0 N–H and O–H groups in total. The van der Waals surface area contributed by atoms with Crippen LogP contribution in [0.4, 0.5) is 4.39 Å². The summed E-state index contributed by atoms with van der Waals surface area (Å²) < 4.78 is 25.1. The van der Waals surface area contributed by atoms with Gasteiger partial charge in [-0.25, -0.2) is 4.39 Å². The molecule has 0 saturated carbocycles. The van der Waals surface area contributed by atoms with Crippen molar-refractivity contribution in [3.05, 3.63) is 35.6 Å². The Hall–Kier alpha value is -0.450. The molecule has 1 aliphatic rings. The van der Waals surface area contributed by atoms with Crippen LogP contribution in [0, 0.1) is 5.82 Å². The molecule has 18 heavy (non-hydrogen) atoms. The van der Waals surface area contributed by atoms with E-state index in [9.17, 15) is 4.39 Å². The van der Waals surface area contributed by atoms with Crippen molar-refractivity contribution >= 4 is 15.9 Å². The van der Waals surface area contributed by atoms with Crippen LogP contribution in [-0.2, 0) is 9.47 Å². The minimum absolute atomic E-state index is 0.159. The Kier molecular flexibility index (Phi) is 5.60. The third-order valence-electron chi connectivity index (χ3n) is 3.15. The van der Waals surface area contributed by atoms with E-state index in [1.54, 1.807) is 12.1 Å². The van der Waals surface area contributed by atoms with E-state index in [2.05, 4.69) is 15.9 Å². The van der Waals surface area contributed by atoms with E-state index in [0.717, 1.165) is 19.4 Å². The molecule has 1 aromatic carbocycles. The topological polar surface area (TPSA) is 18.5 Å². The summed E-state index contributed by atoms with van der Waals surface area (Å²) in [4.78, 5) is 0. The van der Waals surface area contributed by atoms with Crippen LogP contribution in [0.25, 0.3) is 0 Å². The van der Waals surface area contributed by atoms with Crippen LogP contribution in [0.5, 0.6) is 0 Å². The largest absolute Gasteiger partial charge is 0.376 e. The first kappa shape index (κ1) is 14.0. The van der Waals surface area contributed by atoms with Crippen LogP contribution in [0.1, 0.15) is 30.9 Å². The summed E-state index contributed by atoms with van der Waals surface area (Å²) in [6.07, 6.45) is 3.26. The van der Waals surface area contributed by atoms with Gasteiger partial charge in [0.25, 0.3) is 0 Å². The lowest BCUT2D eigenvalue weighted by molar-refractivity contribution is -0.0591. The Labute approximate surface area is 116 Å². The van der Waals surface area contributed by atoms with Crippen LogP contribution in [0.3, 0.4) is 0 Å². The predicted octanol–water partition coefficient (Wildman–Crippen LogP) is 3.85. The minimum Gasteiger partial charge on any atom is -0.376 e. The molecular formula is C14H18BrFO2. The summed E-state index contributed by atoms with van der Waals surface area (Å²) in [7, 11) is 0. The molecule has 1 fully saturated rings. The van der Waals surface area contributed by atoms with Gasteiger partial charge in [-0.05, 0) is 25.3 Å². The second kappa shape index (κ2) is 7.22. The maximum absolute atomic E-state index is 13.7. The van der Waals surface area contributed by atoms with E-state index in [1.807, 2.05) is 6.07 Å². The van der Waals surface area contributed by atoms with Crippen molar-refractivity contribution in [2.45, 2.75) is 31.5 Å². The lowest BCUT2D eigenvalue weighted by atomic mass is 10.1. The molecule has 1 saturated heterocycles. The van der Waals surface area contributed by atoms with E-state index in [4.69, 9.17) is 9.47 Å². The van der Waals surface area contributed by atoms with Gasteiger partial charge in [0.1, 0.15) is 5.82 Å². The highest BCUT2D eigenvalue weighted by Crippen LogP contribution is 2.24. The van der Waals surface area contributed by atoms with Gasteiger partial charge in [0.15, 0.2) is 0 Å². The zero-order valence-electron chi connectivity index (χ0n) is 10.3. The van der Waals surface area contributed by atoms with E-state index in [-0.39, 0.29) is 18.0 Å². The molecular weight excluding hydrogens is 299 g/mol. The Morgan fingerprint density at radius 2 is 2.22 bits per heavy atom. The number of rotatable bonds is 5. The first-order valence-corrected chi connectivity index (χ1v) is 7.47.